The highest BCUT2D eigenvalue weighted by molar-refractivity contribution is 5.91. The minimum Gasteiger partial charge on any atom is -0.373 e. The zero-order valence-corrected chi connectivity index (χ0v) is 20.2. The van der Waals surface area contributed by atoms with Crippen LogP contribution in [-0.4, -0.2) is 28.7 Å². The molecule has 7 nitrogen and oxygen atoms in total. The third kappa shape index (κ3) is 4.76. The smallest absolute Gasteiger partial charge is 0.319 e. The topological polar surface area (TPSA) is 88.1 Å². The van der Waals surface area contributed by atoms with Crippen LogP contribution in [0.4, 0.5) is 20.7 Å². The number of urea groups is 1. The summed E-state index contributed by atoms with van der Waals surface area (Å²) >= 11 is 0. The minimum atomic E-state index is -0.537. The molecule has 1 aromatic carbocycles. The van der Waals surface area contributed by atoms with Gasteiger partial charge in [-0.3, -0.25) is 4.79 Å². The molecule has 3 aromatic rings. The number of carbonyl (C=O) groups is 1. The van der Waals surface area contributed by atoms with E-state index in [1.807, 2.05) is 19.9 Å². The third-order valence-corrected chi connectivity index (χ3v) is 6.49. The Bertz CT molecular complexity index is 1280. The molecule has 0 atom stereocenters. The molecule has 0 aliphatic heterocycles. The van der Waals surface area contributed by atoms with E-state index in [1.165, 1.54) is 12.5 Å². The first-order valence-electron chi connectivity index (χ1n) is 11.9. The summed E-state index contributed by atoms with van der Waals surface area (Å²) in [6.45, 7) is 5.66. The summed E-state index contributed by atoms with van der Waals surface area (Å²) in [5, 5.41) is 9.40. The standard InChI is InChI=1S/C26H32FN5O2/c1-15(2)32-23-13-24(28-4)29-14-17(23)11-20(25(32)33)19-12-22(21(27)10-16(19)3)31-26(34)30-18-8-6-5-7-9-18/h10-15,18H,5-9H2,1-4H3,(H,28,29)(H2,30,31,34). The Balaban J connectivity index is 1.75. The van der Waals surface area contributed by atoms with Crippen LogP contribution < -0.4 is 21.5 Å². The van der Waals surface area contributed by atoms with Gasteiger partial charge in [0.15, 0.2) is 0 Å². The molecule has 180 valence electrons. The summed E-state index contributed by atoms with van der Waals surface area (Å²) in [6, 6.07) is 6.13. The first-order valence-corrected chi connectivity index (χ1v) is 11.9. The maximum absolute atomic E-state index is 14.8. The van der Waals surface area contributed by atoms with Crippen LogP contribution in [0, 0.1) is 12.7 Å². The highest BCUT2D eigenvalue weighted by atomic mass is 19.1. The number of rotatable bonds is 5. The summed E-state index contributed by atoms with van der Waals surface area (Å²) in [5.74, 6) is 0.132. The Labute approximate surface area is 198 Å². The molecule has 2 aromatic heterocycles. The van der Waals surface area contributed by atoms with Crippen molar-refractivity contribution in [3.05, 3.63) is 52.2 Å². The van der Waals surface area contributed by atoms with Crippen LogP contribution in [0.1, 0.15) is 57.6 Å². The predicted octanol–water partition coefficient (Wildman–Crippen LogP) is 5.59. The molecule has 1 aliphatic carbocycles. The van der Waals surface area contributed by atoms with Crippen molar-refractivity contribution in [3.8, 4) is 11.1 Å². The minimum absolute atomic E-state index is 0.0492. The molecule has 0 saturated heterocycles. The number of amides is 2. The maximum Gasteiger partial charge on any atom is 0.319 e. The van der Waals surface area contributed by atoms with Gasteiger partial charge in [-0.25, -0.2) is 14.2 Å². The zero-order chi connectivity index (χ0) is 24.4. The van der Waals surface area contributed by atoms with Gasteiger partial charge in [0.1, 0.15) is 11.6 Å². The second-order valence-corrected chi connectivity index (χ2v) is 9.29. The number of anilines is 2. The number of fused-ring (bicyclic) bond motifs is 1. The molecule has 2 heterocycles. The second kappa shape index (κ2) is 9.83. The summed E-state index contributed by atoms with van der Waals surface area (Å²) in [7, 11) is 1.78. The molecule has 4 rings (SSSR count). The maximum atomic E-state index is 14.8. The van der Waals surface area contributed by atoms with Gasteiger partial charge in [-0.2, -0.15) is 0 Å². The average molecular weight is 466 g/mol. The Morgan fingerprint density at radius 2 is 1.85 bits per heavy atom. The number of hydrogen-bond donors (Lipinski definition) is 3. The van der Waals surface area contributed by atoms with Crippen molar-refractivity contribution in [2.24, 2.45) is 0 Å². The fourth-order valence-electron chi connectivity index (χ4n) is 4.72. The first kappa shape index (κ1) is 23.7. The van der Waals surface area contributed by atoms with Crippen LogP contribution in [0.3, 0.4) is 0 Å². The van der Waals surface area contributed by atoms with Gasteiger partial charge in [0, 0.05) is 42.3 Å². The Kier molecular flexibility index (Phi) is 6.86. The number of pyridine rings is 2. The van der Waals surface area contributed by atoms with E-state index >= 15 is 0 Å². The zero-order valence-electron chi connectivity index (χ0n) is 20.2. The van der Waals surface area contributed by atoms with Crippen molar-refractivity contribution >= 4 is 28.4 Å². The van der Waals surface area contributed by atoms with E-state index in [1.54, 1.807) is 36.9 Å². The van der Waals surface area contributed by atoms with Crippen LogP contribution >= 0.6 is 0 Å². The Morgan fingerprint density at radius 3 is 2.53 bits per heavy atom. The van der Waals surface area contributed by atoms with Crippen molar-refractivity contribution in [1.82, 2.24) is 14.9 Å². The molecule has 0 unspecified atom stereocenters. The fourth-order valence-corrected chi connectivity index (χ4v) is 4.72. The number of benzene rings is 1. The van der Waals surface area contributed by atoms with Crippen LogP contribution in [-0.2, 0) is 0 Å². The molecule has 3 N–H and O–H groups in total. The number of hydrogen-bond acceptors (Lipinski definition) is 4. The van der Waals surface area contributed by atoms with E-state index in [0.29, 0.717) is 22.5 Å². The van der Waals surface area contributed by atoms with Gasteiger partial charge in [-0.1, -0.05) is 19.3 Å². The van der Waals surface area contributed by atoms with Gasteiger partial charge >= 0.3 is 6.03 Å². The number of carbonyl (C=O) groups excluding carboxylic acids is 1. The van der Waals surface area contributed by atoms with Gasteiger partial charge in [-0.05, 0) is 62.9 Å². The SMILES string of the molecule is CNc1cc2c(cn1)cc(-c1cc(NC(=O)NC3CCCCC3)c(F)cc1C)c(=O)n2C(C)C. The number of nitrogens with one attached hydrogen (secondary N) is 3. The number of aromatic nitrogens is 2. The molecule has 0 radical (unpaired) electrons. The van der Waals surface area contributed by atoms with Gasteiger partial charge < -0.3 is 20.5 Å². The average Bonchev–Trinajstić information content (AvgIpc) is 2.80. The molecule has 0 spiro atoms. The Hall–Kier alpha value is -3.42. The monoisotopic (exact) mass is 465 g/mol. The molecule has 0 bridgehead atoms. The lowest BCUT2D eigenvalue weighted by atomic mass is 9.96. The van der Waals surface area contributed by atoms with E-state index in [2.05, 4.69) is 20.9 Å². The second-order valence-electron chi connectivity index (χ2n) is 9.29. The number of halogens is 1. The van der Waals surface area contributed by atoms with Crippen LogP contribution in [0.5, 0.6) is 0 Å². The lowest BCUT2D eigenvalue weighted by Crippen LogP contribution is -2.39. The number of nitrogens with zero attached hydrogens (tertiary/aromatic N) is 2. The molecule has 1 fully saturated rings. The third-order valence-electron chi connectivity index (χ3n) is 6.49. The molecule has 1 aliphatic rings. The Morgan fingerprint density at radius 1 is 1.12 bits per heavy atom. The van der Waals surface area contributed by atoms with Crippen molar-refractivity contribution < 1.29 is 9.18 Å². The molecular formula is C26H32FN5O2. The van der Waals surface area contributed by atoms with Gasteiger partial charge in [0.25, 0.3) is 5.56 Å². The normalized spacial score (nSPS) is 14.4. The lowest BCUT2D eigenvalue weighted by Gasteiger charge is -2.23. The van der Waals surface area contributed by atoms with E-state index in [-0.39, 0.29) is 23.3 Å². The van der Waals surface area contributed by atoms with Crippen LogP contribution in [0.15, 0.2) is 35.3 Å². The van der Waals surface area contributed by atoms with Crippen molar-refractivity contribution in [1.29, 1.82) is 0 Å². The fraction of sp³-hybridized carbons (Fsp3) is 0.423. The lowest BCUT2D eigenvalue weighted by molar-refractivity contribution is 0.244. The number of aryl methyl sites for hydroxylation is 1. The van der Waals surface area contributed by atoms with E-state index in [9.17, 15) is 14.0 Å². The summed E-state index contributed by atoms with van der Waals surface area (Å²) in [6.07, 6.45) is 6.94. The molecule has 8 heteroatoms. The van der Waals surface area contributed by atoms with Crippen LogP contribution in [0.2, 0.25) is 0 Å². The van der Waals surface area contributed by atoms with Gasteiger partial charge in [-0.15, -0.1) is 0 Å². The first-order chi connectivity index (χ1) is 16.3. The summed E-state index contributed by atoms with van der Waals surface area (Å²) < 4.78 is 16.5. The van der Waals surface area contributed by atoms with E-state index in [0.717, 1.165) is 36.6 Å². The molecule has 1 saturated carbocycles. The summed E-state index contributed by atoms with van der Waals surface area (Å²) in [4.78, 5) is 30.5. The molecular weight excluding hydrogens is 433 g/mol. The largest absolute Gasteiger partial charge is 0.373 e. The van der Waals surface area contributed by atoms with Crippen molar-refractivity contribution in [2.75, 3.05) is 17.7 Å². The van der Waals surface area contributed by atoms with Crippen molar-refractivity contribution in [2.45, 2.75) is 65.0 Å². The van der Waals surface area contributed by atoms with Crippen molar-refractivity contribution in [3.63, 3.8) is 0 Å². The van der Waals surface area contributed by atoms with E-state index < -0.39 is 11.8 Å². The molecule has 34 heavy (non-hydrogen) atoms. The summed E-state index contributed by atoms with van der Waals surface area (Å²) in [5.41, 5.74) is 2.27. The quantitative estimate of drug-likeness (QED) is 0.458. The highest BCUT2D eigenvalue weighted by Crippen LogP contribution is 2.30. The van der Waals surface area contributed by atoms with E-state index in [4.69, 9.17) is 0 Å². The predicted molar refractivity (Wildman–Crippen MR) is 135 cm³/mol. The molecule has 2 amide bonds. The van der Waals surface area contributed by atoms with Gasteiger partial charge in [0.05, 0.1) is 11.2 Å². The van der Waals surface area contributed by atoms with Crippen LogP contribution in [0.25, 0.3) is 22.0 Å². The highest BCUT2D eigenvalue weighted by Gasteiger charge is 2.20. The van der Waals surface area contributed by atoms with Gasteiger partial charge in [0.2, 0.25) is 0 Å².